The van der Waals surface area contributed by atoms with Crippen LogP contribution in [0.25, 0.3) is 16.5 Å². The maximum Gasteiger partial charge on any atom is 4.00 e. The minimum Gasteiger partial charge on any atom is -0.673 e. The van der Waals surface area contributed by atoms with E-state index in [1.165, 1.54) is 29.2 Å². The molecule has 4 radical (unpaired) electrons. The molecule has 0 aliphatic rings. The van der Waals surface area contributed by atoms with E-state index in [9.17, 15) is 0 Å². The van der Waals surface area contributed by atoms with Gasteiger partial charge in [0.25, 0.3) is 0 Å². The number of benzene rings is 1. The number of hydrogen-bond donors (Lipinski definition) is 0. The van der Waals surface area contributed by atoms with Gasteiger partial charge in [-0.2, -0.15) is 6.07 Å². The Hall–Kier alpha value is -0.279. The third-order valence-electron chi connectivity index (χ3n) is 2.22. The summed E-state index contributed by atoms with van der Waals surface area (Å²) in [6, 6.07) is 13.1. The molecule has 0 aliphatic heterocycles. The second-order valence-electron chi connectivity index (χ2n) is 5.49. The van der Waals surface area contributed by atoms with Crippen LogP contribution in [0.5, 0.6) is 0 Å². The van der Waals surface area contributed by atoms with Gasteiger partial charge < -0.3 is 20.6 Å². The van der Waals surface area contributed by atoms with Crippen molar-refractivity contribution in [2.45, 2.75) is 46.1 Å². The molecule has 2 aromatic rings. The molecule has 0 amide bonds. The first-order valence-corrected chi connectivity index (χ1v) is 6.29. The monoisotopic (exact) mass is 335 g/mol. The first-order valence-electron chi connectivity index (χ1n) is 6.29. The summed E-state index contributed by atoms with van der Waals surface area (Å²) in [7, 11) is 0. The summed E-state index contributed by atoms with van der Waals surface area (Å²) in [5, 5.41) is 2.75. The molecule has 2 rings (SSSR count). The van der Waals surface area contributed by atoms with Gasteiger partial charge in [-0.1, -0.05) is 40.2 Å². The normalized spacial score (nSPS) is 9.00. The molecule has 1 N–H and O–H groups in total. The molecule has 0 saturated heterocycles. The minimum atomic E-state index is -0.250. The second kappa shape index (κ2) is 13.4. The van der Waals surface area contributed by atoms with Crippen LogP contribution in [0.2, 0.25) is 0 Å². The molecule has 0 aliphatic carbocycles. The fraction of sp³-hybridized carbons (Fsp3) is 0.389. The third kappa shape index (κ3) is 13.1. The van der Waals surface area contributed by atoms with Gasteiger partial charge in [0.15, 0.2) is 0 Å². The Kier molecular flexibility index (Phi) is 18.4. The quantitative estimate of drug-likeness (QED) is 0.484. The topological polar surface area (TPSA) is 23.8 Å². The van der Waals surface area contributed by atoms with Crippen molar-refractivity contribution in [1.82, 2.24) is 0 Å². The van der Waals surface area contributed by atoms with Crippen LogP contribution in [-0.4, -0.2) is 16.5 Å². The number of nitrogens with one attached hydrogen (secondary N) is 1. The van der Waals surface area contributed by atoms with Crippen LogP contribution in [0, 0.1) is 14.9 Å². The van der Waals surface area contributed by atoms with Gasteiger partial charge in [0.05, 0.1) is 0 Å². The Morgan fingerprint density at radius 3 is 2.00 bits per heavy atom. The summed E-state index contributed by atoms with van der Waals surface area (Å²) < 4.78 is 0. The average Bonchev–Trinajstić information content (AvgIpc) is 2.57. The standard InChI is InChI=1S/C12H13.C4H10N.2CH3.Si.Ti/c1-2-5-10-8-11-6-3-4-7-12(11)9-10;1-4(2,3)5;;;;/h3-4,6-9H,2,5H2,1H3;5H,1-3H3;2*1H3;;/q4*-1;;+4. The molecule has 1 nitrogen and oxygen atoms in total. The smallest absolute Gasteiger partial charge is 0.673 e. The van der Waals surface area contributed by atoms with Crippen LogP contribution in [0.15, 0.2) is 36.4 Å². The molecular weight excluding hydrogens is 306 g/mol. The number of fused-ring (bicyclic) bond motifs is 1. The molecule has 0 atom stereocenters. The van der Waals surface area contributed by atoms with E-state index in [0.717, 1.165) is 0 Å². The summed E-state index contributed by atoms with van der Waals surface area (Å²) in [4.78, 5) is 0. The van der Waals surface area contributed by atoms with E-state index in [4.69, 9.17) is 5.73 Å². The Morgan fingerprint density at radius 2 is 1.57 bits per heavy atom. The molecule has 0 bridgehead atoms. The summed E-state index contributed by atoms with van der Waals surface area (Å²) in [6.07, 6.45) is 2.44. The summed E-state index contributed by atoms with van der Waals surface area (Å²) in [6.45, 7) is 7.78. The fourth-order valence-electron chi connectivity index (χ4n) is 1.65. The van der Waals surface area contributed by atoms with Crippen LogP contribution in [0.4, 0.5) is 0 Å². The summed E-state index contributed by atoms with van der Waals surface area (Å²) in [5.74, 6) is 0. The van der Waals surface area contributed by atoms with Gasteiger partial charge in [-0.15, -0.1) is 46.1 Å². The van der Waals surface area contributed by atoms with Crippen molar-refractivity contribution in [3.05, 3.63) is 62.5 Å². The van der Waals surface area contributed by atoms with E-state index in [2.05, 4.69) is 43.3 Å². The molecule has 2 aromatic carbocycles. The zero-order chi connectivity index (χ0) is 12.9. The molecule has 0 aromatic heterocycles. The van der Waals surface area contributed by atoms with E-state index < -0.39 is 0 Å². The number of hydrogen-bond acceptors (Lipinski definition) is 0. The van der Waals surface area contributed by atoms with Crippen LogP contribution >= 0.6 is 0 Å². The molecular formula is C18H29NSiTi. The predicted octanol–water partition coefficient (Wildman–Crippen LogP) is 5.87. The molecule has 0 saturated carbocycles. The number of aryl methyl sites for hydroxylation is 1. The molecule has 0 spiro atoms. The summed E-state index contributed by atoms with van der Waals surface area (Å²) in [5.41, 5.74) is 8.16. The largest absolute Gasteiger partial charge is 4.00 e. The molecule has 0 unspecified atom stereocenters. The zero-order valence-corrected chi connectivity index (χ0v) is 16.9. The van der Waals surface area contributed by atoms with Crippen molar-refractivity contribution < 1.29 is 21.7 Å². The maximum absolute atomic E-state index is 6.94. The zero-order valence-electron chi connectivity index (χ0n) is 14.4. The van der Waals surface area contributed by atoms with Crippen LogP contribution in [-0.2, 0) is 28.1 Å². The van der Waals surface area contributed by atoms with Gasteiger partial charge in [0.1, 0.15) is 0 Å². The minimum absolute atomic E-state index is 0. The first kappa shape index (κ1) is 28.8. The Bertz CT molecular complexity index is 418. The van der Waals surface area contributed by atoms with Gasteiger partial charge in [-0.25, -0.2) is 0 Å². The molecule has 0 heterocycles. The van der Waals surface area contributed by atoms with Crippen molar-refractivity contribution in [2.24, 2.45) is 0 Å². The van der Waals surface area contributed by atoms with Crippen molar-refractivity contribution in [3.8, 4) is 0 Å². The third-order valence-corrected chi connectivity index (χ3v) is 2.22. The molecule has 3 heteroatoms. The van der Waals surface area contributed by atoms with Crippen molar-refractivity contribution in [2.75, 3.05) is 0 Å². The van der Waals surface area contributed by atoms with Crippen LogP contribution in [0.1, 0.15) is 39.7 Å². The molecule has 0 fully saturated rings. The van der Waals surface area contributed by atoms with Gasteiger partial charge >= 0.3 is 21.7 Å². The van der Waals surface area contributed by atoms with Gasteiger partial charge in [-0.3, -0.25) is 0 Å². The average molecular weight is 335 g/mol. The Morgan fingerprint density at radius 1 is 1.10 bits per heavy atom. The maximum atomic E-state index is 6.94. The van der Waals surface area contributed by atoms with Gasteiger partial charge in [-0.05, 0) is 6.42 Å². The fourth-order valence-corrected chi connectivity index (χ4v) is 1.65. The Balaban J connectivity index is -0.000000144. The van der Waals surface area contributed by atoms with Gasteiger partial charge in [0, 0.05) is 11.0 Å². The van der Waals surface area contributed by atoms with E-state index in [1.807, 2.05) is 20.8 Å². The van der Waals surface area contributed by atoms with Crippen molar-refractivity contribution in [1.29, 1.82) is 0 Å². The first-order chi connectivity index (χ1) is 7.90. The Labute approximate surface area is 152 Å². The SMILES string of the molecule is CC(C)(C)[NH-].CCCc1cc2ccccc2[cH-]1.[CH3-].[CH3-].[Si].[Ti+4]. The van der Waals surface area contributed by atoms with Crippen molar-refractivity contribution >= 4 is 21.7 Å². The van der Waals surface area contributed by atoms with Gasteiger partial charge in [0.2, 0.25) is 0 Å². The van der Waals surface area contributed by atoms with Crippen LogP contribution < -0.4 is 0 Å². The van der Waals surface area contributed by atoms with E-state index in [0.29, 0.717) is 0 Å². The van der Waals surface area contributed by atoms with Crippen molar-refractivity contribution in [3.63, 3.8) is 0 Å². The predicted molar refractivity (Wildman–Crippen MR) is 96.2 cm³/mol. The number of rotatable bonds is 2. The van der Waals surface area contributed by atoms with Crippen LogP contribution in [0.3, 0.4) is 0 Å². The molecule has 21 heavy (non-hydrogen) atoms. The van der Waals surface area contributed by atoms with E-state index >= 15 is 0 Å². The van der Waals surface area contributed by atoms with E-state index in [-0.39, 0.29) is 53.1 Å². The summed E-state index contributed by atoms with van der Waals surface area (Å²) >= 11 is 0. The molecule has 114 valence electrons. The second-order valence-corrected chi connectivity index (χ2v) is 5.49. The van der Waals surface area contributed by atoms with E-state index in [1.54, 1.807) is 0 Å².